The van der Waals surface area contributed by atoms with Gasteiger partial charge in [-0.25, -0.2) is 0 Å². The normalized spacial score (nSPS) is 18.6. The van der Waals surface area contributed by atoms with Crippen molar-refractivity contribution >= 4 is 9.24 Å². The molecule has 3 rings (SSSR count). The first-order valence-electron chi connectivity index (χ1n) is 8.24. The summed E-state index contributed by atoms with van der Waals surface area (Å²) >= 11 is 0. The van der Waals surface area contributed by atoms with E-state index in [9.17, 15) is 0 Å². The molecule has 1 aliphatic rings. The highest BCUT2D eigenvalue weighted by atomic mass is 31.0. The molecule has 2 atom stereocenters. The highest BCUT2D eigenvalue weighted by molar-refractivity contribution is 7.16. The lowest BCUT2D eigenvalue weighted by atomic mass is 9.69. The molecular weight excluding hydrogens is 285 g/mol. The fourth-order valence-corrected chi connectivity index (χ4v) is 4.65. The van der Waals surface area contributed by atoms with Crippen molar-refractivity contribution in [3.63, 3.8) is 0 Å². The molecule has 2 heteroatoms. The number of hydrogen-bond donors (Lipinski definition) is 1. The highest BCUT2D eigenvalue weighted by Crippen LogP contribution is 2.41. The molecule has 0 bridgehead atoms. The Kier molecular flexibility index (Phi) is 4.66. The molecule has 1 heterocycles. The molecule has 0 radical (unpaired) electrons. The molecule has 1 N–H and O–H groups in total. The van der Waals surface area contributed by atoms with E-state index in [-0.39, 0.29) is 5.41 Å². The van der Waals surface area contributed by atoms with Gasteiger partial charge in [-0.2, -0.15) is 0 Å². The summed E-state index contributed by atoms with van der Waals surface area (Å²) in [5.74, 6) is 0. The molecule has 1 fully saturated rings. The Morgan fingerprint density at radius 1 is 1.05 bits per heavy atom. The first-order valence-corrected chi connectivity index (χ1v) is 9.06. The first-order chi connectivity index (χ1) is 10.7. The molecule has 2 aromatic rings. The Morgan fingerprint density at radius 3 is 2.05 bits per heavy atom. The van der Waals surface area contributed by atoms with Crippen molar-refractivity contribution in [2.75, 3.05) is 12.7 Å². The van der Waals surface area contributed by atoms with Crippen LogP contribution >= 0.6 is 9.24 Å². The Hall–Kier alpha value is -1.17. The molecule has 1 aliphatic heterocycles. The summed E-state index contributed by atoms with van der Waals surface area (Å²) in [4.78, 5) is 0. The lowest BCUT2D eigenvalue weighted by Gasteiger charge is -2.40. The van der Waals surface area contributed by atoms with E-state index in [1.165, 1.54) is 35.1 Å². The van der Waals surface area contributed by atoms with Crippen molar-refractivity contribution in [2.45, 2.75) is 38.1 Å². The number of hydrogen-bond acceptors (Lipinski definition) is 1. The van der Waals surface area contributed by atoms with Crippen LogP contribution in [-0.4, -0.2) is 18.7 Å². The van der Waals surface area contributed by atoms with Gasteiger partial charge in [0.1, 0.15) is 0 Å². The Balaban J connectivity index is 2.20. The molecule has 0 spiro atoms. The summed E-state index contributed by atoms with van der Waals surface area (Å²) in [6, 6.07) is 18.6. The fraction of sp³-hybridized carbons (Fsp3) is 0.400. The van der Waals surface area contributed by atoms with Gasteiger partial charge in [-0.3, -0.25) is 0 Å². The minimum absolute atomic E-state index is 0.0409. The lowest BCUT2D eigenvalue weighted by molar-refractivity contribution is 0.413. The van der Waals surface area contributed by atoms with Gasteiger partial charge in [-0.1, -0.05) is 59.7 Å². The third-order valence-electron chi connectivity index (χ3n) is 5.04. The van der Waals surface area contributed by atoms with Crippen molar-refractivity contribution in [1.82, 2.24) is 5.32 Å². The second kappa shape index (κ2) is 6.52. The smallest absolute Gasteiger partial charge is 0.0390 e. The zero-order valence-corrected chi connectivity index (χ0v) is 14.8. The maximum absolute atomic E-state index is 3.77. The standard InChI is InChI=1S/C20H26NP/c1-15-6-3-8-17(12-15)20(14-22,19-10-5-11-21-19)18-9-4-7-16(2)13-18/h3-4,6-9,12-13,19,21H,5,10-11,14,22H2,1-2H3. The average Bonchev–Trinajstić information content (AvgIpc) is 3.04. The topological polar surface area (TPSA) is 12.0 Å². The van der Waals surface area contributed by atoms with Crippen molar-refractivity contribution < 1.29 is 0 Å². The SMILES string of the molecule is Cc1cccc(C(CP)(c2cccc(C)c2)C2CCCN2)c1. The molecule has 22 heavy (non-hydrogen) atoms. The van der Waals surface area contributed by atoms with Crippen LogP contribution in [-0.2, 0) is 5.41 Å². The van der Waals surface area contributed by atoms with Gasteiger partial charge >= 0.3 is 0 Å². The number of rotatable bonds is 4. The van der Waals surface area contributed by atoms with Gasteiger partial charge in [-0.05, 0) is 50.5 Å². The van der Waals surface area contributed by atoms with Gasteiger partial charge in [0.05, 0.1) is 0 Å². The van der Waals surface area contributed by atoms with Gasteiger partial charge in [0.15, 0.2) is 0 Å². The maximum Gasteiger partial charge on any atom is 0.0390 e. The van der Waals surface area contributed by atoms with E-state index in [0.29, 0.717) is 6.04 Å². The van der Waals surface area contributed by atoms with Gasteiger partial charge < -0.3 is 5.32 Å². The van der Waals surface area contributed by atoms with Crippen molar-refractivity contribution in [3.8, 4) is 0 Å². The Bertz CT molecular complexity index is 598. The van der Waals surface area contributed by atoms with Crippen molar-refractivity contribution in [1.29, 1.82) is 0 Å². The van der Waals surface area contributed by atoms with E-state index in [1.807, 2.05) is 0 Å². The third kappa shape index (κ3) is 2.73. The largest absolute Gasteiger partial charge is 0.313 e. The van der Waals surface area contributed by atoms with Crippen molar-refractivity contribution in [3.05, 3.63) is 70.8 Å². The lowest BCUT2D eigenvalue weighted by Crippen LogP contribution is -2.47. The molecule has 0 amide bonds. The quantitative estimate of drug-likeness (QED) is 0.834. The summed E-state index contributed by atoms with van der Waals surface area (Å²) in [5, 5.41) is 3.77. The maximum atomic E-state index is 3.77. The van der Waals surface area contributed by atoms with Crippen LogP contribution < -0.4 is 5.32 Å². The predicted molar refractivity (Wildman–Crippen MR) is 98.7 cm³/mol. The van der Waals surface area contributed by atoms with E-state index in [0.717, 1.165) is 12.7 Å². The zero-order chi connectivity index (χ0) is 15.6. The van der Waals surface area contributed by atoms with Crippen LogP contribution in [0.25, 0.3) is 0 Å². The number of benzene rings is 2. The van der Waals surface area contributed by atoms with E-state index in [2.05, 4.69) is 76.9 Å². The van der Waals surface area contributed by atoms with Crippen molar-refractivity contribution in [2.24, 2.45) is 0 Å². The van der Waals surface area contributed by atoms with Crippen LogP contribution in [0.5, 0.6) is 0 Å². The summed E-state index contributed by atoms with van der Waals surface area (Å²) in [6.07, 6.45) is 3.56. The molecule has 2 unspecified atom stereocenters. The van der Waals surface area contributed by atoms with Crippen LogP contribution in [0.4, 0.5) is 0 Å². The molecular formula is C20H26NP. The van der Waals surface area contributed by atoms with Crippen LogP contribution in [0.3, 0.4) is 0 Å². The van der Waals surface area contributed by atoms with E-state index in [1.54, 1.807) is 0 Å². The molecule has 2 aromatic carbocycles. The summed E-state index contributed by atoms with van der Waals surface area (Å²) in [5.41, 5.74) is 5.59. The molecule has 0 aliphatic carbocycles. The molecule has 1 nitrogen and oxygen atoms in total. The van der Waals surface area contributed by atoms with E-state index >= 15 is 0 Å². The third-order valence-corrected chi connectivity index (χ3v) is 5.69. The molecule has 0 aromatic heterocycles. The Labute approximate surface area is 136 Å². The van der Waals surface area contributed by atoms with E-state index < -0.39 is 0 Å². The minimum Gasteiger partial charge on any atom is -0.313 e. The fourth-order valence-electron chi connectivity index (χ4n) is 3.90. The van der Waals surface area contributed by atoms with Crippen LogP contribution in [0.15, 0.2) is 48.5 Å². The average molecular weight is 311 g/mol. The number of nitrogens with one attached hydrogen (secondary N) is 1. The van der Waals surface area contributed by atoms with Crippen LogP contribution in [0.1, 0.15) is 35.1 Å². The van der Waals surface area contributed by atoms with Gasteiger partial charge in [-0.15, -0.1) is 9.24 Å². The molecule has 1 saturated heterocycles. The van der Waals surface area contributed by atoms with E-state index in [4.69, 9.17) is 0 Å². The van der Waals surface area contributed by atoms with Crippen LogP contribution in [0, 0.1) is 13.8 Å². The first kappa shape index (κ1) is 15.7. The monoisotopic (exact) mass is 311 g/mol. The summed E-state index contributed by atoms with van der Waals surface area (Å²) in [7, 11) is 3.02. The Morgan fingerprint density at radius 2 is 1.64 bits per heavy atom. The summed E-state index contributed by atoms with van der Waals surface area (Å²) in [6.45, 7) is 5.51. The zero-order valence-electron chi connectivity index (χ0n) is 13.6. The van der Waals surface area contributed by atoms with Gasteiger partial charge in [0.2, 0.25) is 0 Å². The molecule has 0 saturated carbocycles. The highest BCUT2D eigenvalue weighted by Gasteiger charge is 2.41. The number of aryl methyl sites for hydroxylation is 2. The second-order valence-electron chi connectivity index (χ2n) is 6.56. The van der Waals surface area contributed by atoms with Crippen LogP contribution in [0.2, 0.25) is 0 Å². The van der Waals surface area contributed by atoms with Gasteiger partial charge in [0, 0.05) is 11.5 Å². The minimum atomic E-state index is 0.0409. The second-order valence-corrected chi connectivity index (χ2v) is 6.97. The predicted octanol–water partition coefficient (Wildman–Crippen LogP) is 4.22. The summed E-state index contributed by atoms with van der Waals surface area (Å²) < 4.78 is 0. The van der Waals surface area contributed by atoms with Gasteiger partial charge in [0.25, 0.3) is 0 Å². The molecule has 116 valence electrons.